The van der Waals surface area contributed by atoms with Crippen molar-refractivity contribution in [1.82, 2.24) is 16.0 Å². The van der Waals surface area contributed by atoms with Crippen molar-refractivity contribution in [3.05, 3.63) is 35.4 Å². The first-order chi connectivity index (χ1) is 12.0. The highest BCUT2D eigenvalue weighted by molar-refractivity contribution is 14.0. The first-order valence-electron chi connectivity index (χ1n) is 9.23. The van der Waals surface area contributed by atoms with Crippen LogP contribution >= 0.6 is 24.0 Å². The number of nitrogens with zero attached hydrogens (tertiary/aromatic N) is 1. The number of guanidine groups is 1. The molecule has 0 radical (unpaired) electrons. The number of aliphatic imine (C=N–C) groups is 1. The molecule has 0 saturated heterocycles. The molecule has 1 aliphatic carbocycles. The van der Waals surface area contributed by atoms with Crippen LogP contribution < -0.4 is 16.0 Å². The van der Waals surface area contributed by atoms with Gasteiger partial charge in [0.25, 0.3) is 5.91 Å². The van der Waals surface area contributed by atoms with E-state index in [-0.39, 0.29) is 29.9 Å². The summed E-state index contributed by atoms with van der Waals surface area (Å²) in [5.74, 6) is 1.48. The Morgan fingerprint density at radius 1 is 1.27 bits per heavy atom. The molecule has 6 heteroatoms. The molecular formula is C20H33IN4O. The highest BCUT2D eigenvalue weighted by atomic mass is 127. The van der Waals surface area contributed by atoms with Crippen molar-refractivity contribution < 1.29 is 4.79 Å². The number of halogens is 1. The highest BCUT2D eigenvalue weighted by Crippen LogP contribution is 2.45. The number of rotatable bonds is 7. The van der Waals surface area contributed by atoms with Gasteiger partial charge in [-0.05, 0) is 48.3 Å². The fourth-order valence-corrected chi connectivity index (χ4v) is 3.64. The summed E-state index contributed by atoms with van der Waals surface area (Å²) in [7, 11) is 3.44. The lowest BCUT2D eigenvalue weighted by Gasteiger charge is -2.43. The van der Waals surface area contributed by atoms with E-state index in [1.165, 1.54) is 25.7 Å². The fraction of sp³-hybridized carbons (Fsp3) is 0.600. The van der Waals surface area contributed by atoms with Gasteiger partial charge in [-0.1, -0.05) is 32.4 Å². The van der Waals surface area contributed by atoms with Crippen LogP contribution in [0.2, 0.25) is 0 Å². The topological polar surface area (TPSA) is 65.5 Å². The highest BCUT2D eigenvalue weighted by Gasteiger charge is 2.37. The van der Waals surface area contributed by atoms with E-state index in [1.807, 2.05) is 24.3 Å². The minimum atomic E-state index is -0.0648. The van der Waals surface area contributed by atoms with Gasteiger partial charge >= 0.3 is 0 Å². The number of carbonyl (C=O) groups excluding carboxylic acids is 1. The van der Waals surface area contributed by atoms with Gasteiger partial charge in [-0.3, -0.25) is 9.79 Å². The molecule has 0 aromatic heterocycles. The van der Waals surface area contributed by atoms with Gasteiger partial charge in [-0.15, -0.1) is 24.0 Å². The SMILES string of the molecule is CN=C(NCc1cccc(C(=O)NC)c1)NCC1(CC(C)C)CCC1.I. The largest absolute Gasteiger partial charge is 0.356 e. The molecule has 0 unspecified atom stereocenters. The van der Waals surface area contributed by atoms with E-state index in [0.29, 0.717) is 17.5 Å². The molecule has 0 spiro atoms. The normalized spacial score (nSPS) is 15.7. The molecule has 1 aromatic carbocycles. The molecule has 26 heavy (non-hydrogen) atoms. The van der Waals surface area contributed by atoms with Crippen molar-refractivity contribution in [3.8, 4) is 0 Å². The molecular weight excluding hydrogens is 439 g/mol. The van der Waals surface area contributed by atoms with E-state index in [0.717, 1.165) is 24.0 Å². The Morgan fingerprint density at radius 2 is 2.00 bits per heavy atom. The second-order valence-corrected chi connectivity index (χ2v) is 7.51. The summed E-state index contributed by atoms with van der Waals surface area (Å²) < 4.78 is 0. The summed E-state index contributed by atoms with van der Waals surface area (Å²) >= 11 is 0. The number of benzene rings is 1. The smallest absolute Gasteiger partial charge is 0.251 e. The van der Waals surface area contributed by atoms with Gasteiger partial charge in [-0.2, -0.15) is 0 Å². The van der Waals surface area contributed by atoms with Gasteiger partial charge in [-0.25, -0.2) is 0 Å². The zero-order chi connectivity index (χ0) is 18.3. The standard InChI is InChI=1S/C20H32N4O.HI/c1-15(2)12-20(9-6-10-20)14-24-19(22-4)23-13-16-7-5-8-17(11-16)18(25)21-3;/h5,7-8,11,15H,6,9-10,12-14H2,1-4H3,(H,21,25)(H2,22,23,24);1H. The van der Waals surface area contributed by atoms with Crippen LogP contribution in [-0.2, 0) is 6.54 Å². The number of nitrogens with one attached hydrogen (secondary N) is 3. The minimum Gasteiger partial charge on any atom is -0.356 e. The lowest BCUT2D eigenvalue weighted by atomic mass is 9.64. The summed E-state index contributed by atoms with van der Waals surface area (Å²) in [4.78, 5) is 16.1. The van der Waals surface area contributed by atoms with Crippen molar-refractivity contribution in [3.63, 3.8) is 0 Å². The third-order valence-corrected chi connectivity index (χ3v) is 4.99. The predicted octanol–water partition coefficient (Wildman–Crippen LogP) is 3.55. The molecule has 0 heterocycles. The number of carbonyl (C=O) groups is 1. The average Bonchev–Trinajstić information content (AvgIpc) is 2.58. The van der Waals surface area contributed by atoms with E-state index < -0.39 is 0 Å². The van der Waals surface area contributed by atoms with Crippen LogP contribution in [0.5, 0.6) is 0 Å². The van der Waals surface area contributed by atoms with Gasteiger partial charge in [0.2, 0.25) is 0 Å². The Balaban J connectivity index is 0.00000338. The summed E-state index contributed by atoms with van der Waals surface area (Å²) in [6, 6.07) is 7.65. The lowest BCUT2D eigenvalue weighted by Crippen LogP contribution is -2.46. The molecule has 0 aliphatic heterocycles. The van der Waals surface area contributed by atoms with Crippen molar-refractivity contribution in [2.75, 3.05) is 20.6 Å². The third-order valence-electron chi connectivity index (χ3n) is 4.99. The second-order valence-electron chi connectivity index (χ2n) is 7.51. The van der Waals surface area contributed by atoms with E-state index in [4.69, 9.17) is 0 Å². The fourth-order valence-electron chi connectivity index (χ4n) is 3.64. The van der Waals surface area contributed by atoms with Crippen LogP contribution in [0.4, 0.5) is 0 Å². The maximum absolute atomic E-state index is 11.7. The Labute approximate surface area is 174 Å². The second kappa shape index (κ2) is 10.7. The van der Waals surface area contributed by atoms with Crippen LogP contribution in [0.15, 0.2) is 29.3 Å². The van der Waals surface area contributed by atoms with E-state index in [2.05, 4.69) is 34.8 Å². The molecule has 1 fully saturated rings. The maximum atomic E-state index is 11.7. The van der Waals surface area contributed by atoms with Gasteiger partial charge in [0, 0.05) is 32.7 Å². The molecule has 1 aromatic rings. The van der Waals surface area contributed by atoms with E-state index in [9.17, 15) is 4.79 Å². The summed E-state index contributed by atoms with van der Waals surface area (Å²) in [5, 5.41) is 9.50. The third kappa shape index (κ3) is 6.45. The molecule has 5 nitrogen and oxygen atoms in total. The van der Waals surface area contributed by atoms with Crippen LogP contribution in [-0.4, -0.2) is 32.5 Å². The van der Waals surface area contributed by atoms with Gasteiger partial charge in [0.15, 0.2) is 5.96 Å². The molecule has 1 saturated carbocycles. The van der Waals surface area contributed by atoms with Crippen LogP contribution in [0.25, 0.3) is 0 Å². The number of hydrogen-bond donors (Lipinski definition) is 3. The van der Waals surface area contributed by atoms with Crippen molar-refractivity contribution >= 4 is 35.8 Å². The quantitative estimate of drug-likeness (QED) is 0.323. The monoisotopic (exact) mass is 472 g/mol. The Bertz CT molecular complexity index is 612. The molecule has 3 N–H and O–H groups in total. The van der Waals surface area contributed by atoms with E-state index >= 15 is 0 Å². The van der Waals surface area contributed by atoms with Gasteiger partial charge in [0.05, 0.1) is 0 Å². The van der Waals surface area contributed by atoms with Crippen molar-refractivity contribution in [1.29, 1.82) is 0 Å². The molecule has 0 atom stereocenters. The summed E-state index contributed by atoms with van der Waals surface area (Å²) in [5.41, 5.74) is 2.17. The van der Waals surface area contributed by atoms with Crippen LogP contribution in [0.1, 0.15) is 55.5 Å². The lowest BCUT2D eigenvalue weighted by molar-refractivity contribution is 0.0963. The zero-order valence-corrected chi connectivity index (χ0v) is 18.7. The van der Waals surface area contributed by atoms with Gasteiger partial charge < -0.3 is 16.0 Å². The minimum absolute atomic E-state index is 0. The van der Waals surface area contributed by atoms with Gasteiger partial charge in [0.1, 0.15) is 0 Å². The number of hydrogen-bond acceptors (Lipinski definition) is 2. The first kappa shape index (κ1) is 22.7. The molecule has 1 amide bonds. The Kier molecular flexibility index (Phi) is 9.39. The summed E-state index contributed by atoms with van der Waals surface area (Å²) in [6.07, 6.45) is 5.23. The van der Waals surface area contributed by atoms with Crippen LogP contribution in [0, 0.1) is 11.3 Å². The zero-order valence-electron chi connectivity index (χ0n) is 16.4. The van der Waals surface area contributed by atoms with E-state index in [1.54, 1.807) is 14.1 Å². The molecule has 0 bridgehead atoms. The van der Waals surface area contributed by atoms with Crippen LogP contribution in [0.3, 0.4) is 0 Å². The molecule has 2 rings (SSSR count). The Morgan fingerprint density at radius 3 is 2.54 bits per heavy atom. The predicted molar refractivity (Wildman–Crippen MR) is 119 cm³/mol. The van der Waals surface area contributed by atoms with Crippen molar-refractivity contribution in [2.24, 2.45) is 16.3 Å². The van der Waals surface area contributed by atoms with Crippen molar-refractivity contribution in [2.45, 2.75) is 46.1 Å². The summed E-state index contributed by atoms with van der Waals surface area (Å²) in [6.45, 7) is 6.21. The Hall–Kier alpha value is -1.31. The number of amides is 1. The first-order valence-corrected chi connectivity index (χ1v) is 9.23. The molecule has 1 aliphatic rings. The maximum Gasteiger partial charge on any atom is 0.251 e. The molecule has 146 valence electrons. The average molecular weight is 472 g/mol.